The molecular weight excluding hydrogens is 360 g/mol. The molecule has 0 radical (unpaired) electrons. The van der Waals surface area contributed by atoms with E-state index in [-0.39, 0.29) is 22.9 Å². The number of nitriles is 1. The van der Waals surface area contributed by atoms with Gasteiger partial charge in [-0.2, -0.15) is 17.0 Å². The first-order valence-corrected chi connectivity index (χ1v) is 11.0. The van der Waals surface area contributed by atoms with Gasteiger partial charge in [-0.1, -0.05) is 64.7 Å². The number of thioether (sulfide) groups is 1. The molecule has 1 N–H and O–H groups in total. The topological polar surface area (TPSA) is 87.0 Å². The molecule has 0 aliphatic heterocycles. The Morgan fingerprint density at radius 2 is 1.52 bits per heavy atom. The smallest absolute Gasteiger partial charge is 0.234 e. The van der Waals surface area contributed by atoms with Crippen molar-refractivity contribution in [3.63, 3.8) is 0 Å². The largest absolute Gasteiger partial charge is 0.321 e. The molecule has 148 valence electrons. The van der Waals surface area contributed by atoms with Gasteiger partial charge in [0, 0.05) is 0 Å². The molecule has 0 aromatic rings. The Kier molecular flexibility index (Phi) is 12.2. The first kappa shape index (κ1) is 23.2. The molecule has 0 saturated carbocycles. The van der Waals surface area contributed by atoms with Crippen molar-refractivity contribution in [3.05, 3.63) is 23.4 Å². The fourth-order valence-corrected chi connectivity index (χ4v) is 3.64. The van der Waals surface area contributed by atoms with Gasteiger partial charge in [0.05, 0.1) is 5.75 Å². The van der Waals surface area contributed by atoms with Gasteiger partial charge < -0.3 is 5.32 Å². The van der Waals surface area contributed by atoms with Crippen molar-refractivity contribution in [1.82, 2.24) is 5.32 Å². The third-order valence-electron chi connectivity index (χ3n) is 4.38. The van der Waals surface area contributed by atoms with Gasteiger partial charge in [-0.3, -0.25) is 14.4 Å². The molecule has 0 aromatic heterocycles. The van der Waals surface area contributed by atoms with Crippen LogP contribution in [0.2, 0.25) is 0 Å². The van der Waals surface area contributed by atoms with Crippen molar-refractivity contribution in [2.45, 2.75) is 71.1 Å². The quantitative estimate of drug-likeness (QED) is 0.354. The van der Waals surface area contributed by atoms with E-state index in [9.17, 15) is 14.4 Å². The van der Waals surface area contributed by atoms with Crippen molar-refractivity contribution < 1.29 is 14.4 Å². The second-order valence-corrected chi connectivity index (χ2v) is 7.81. The minimum absolute atomic E-state index is 0.200. The predicted molar refractivity (Wildman–Crippen MR) is 109 cm³/mol. The number of hydrogen-bond acceptors (Lipinski definition) is 5. The summed E-state index contributed by atoms with van der Waals surface area (Å²) in [5.41, 5.74) is -0.495. The standard InChI is InChI=1S/C21H30N2O3S/c1-2-3-4-5-6-7-8-9-10-11-14-27-16-20(26)23-21-17(15-22)18(24)12-13-19(21)25/h12-13H,2-11,14,16H2,1H3,(H,23,26). The molecule has 1 amide bonds. The first-order chi connectivity index (χ1) is 13.1. The van der Waals surface area contributed by atoms with E-state index in [1.165, 1.54) is 69.5 Å². The highest BCUT2D eigenvalue weighted by atomic mass is 32.2. The van der Waals surface area contributed by atoms with E-state index in [1.54, 1.807) is 6.07 Å². The van der Waals surface area contributed by atoms with Crippen molar-refractivity contribution in [3.8, 4) is 6.07 Å². The maximum absolute atomic E-state index is 11.9. The van der Waals surface area contributed by atoms with Crippen LogP contribution in [0.1, 0.15) is 71.1 Å². The number of nitrogens with one attached hydrogen (secondary N) is 1. The number of carbonyl (C=O) groups excluding carboxylic acids is 3. The molecule has 5 nitrogen and oxygen atoms in total. The Hall–Kier alpha value is -1.87. The average molecular weight is 391 g/mol. The van der Waals surface area contributed by atoms with Crippen LogP contribution in [0.3, 0.4) is 0 Å². The number of nitrogens with zero attached hydrogens (tertiary/aromatic N) is 1. The Morgan fingerprint density at radius 1 is 0.963 bits per heavy atom. The average Bonchev–Trinajstić information content (AvgIpc) is 2.66. The van der Waals surface area contributed by atoms with Crippen molar-refractivity contribution in [2.75, 3.05) is 11.5 Å². The fraction of sp³-hybridized carbons (Fsp3) is 0.619. The van der Waals surface area contributed by atoms with Gasteiger partial charge in [0.2, 0.25) is 11.7 Å². The van der Waals surface area contributed by atoms with E-state index in [0.717, 1.165) is 24.3 Å². The Labute approximate surface area is 166 Å². The zero-order valence-corrected chi connectivity index (χ0v) is 17.0. The van der Waals surface area contributed by atoms with Crippen LogP contribution in [0.25, 0.3) is 0 Å². The molecule has 0 spiro atoms. The van der Waals surface area contributed by atoms with Gasteiger partial charge in [0.25, 0.3) is 0 Å². The summed E-state index contributed by atoms with van der Waals surface area (Å²) in [4.78, 5) is 35.3. The van der Waals surface area contributed by atoms with Crippen LogP contribution < -0.4 is 5.32 Å². The van der Waals surface area contributed by atoms with E-state index < -0.39 is 11.6 Å². The summed E-state index contributed by atoms with van der Waals surface area (Å²) < 4.78 is 0. The summed E-state index contributed by atoms with van der Waals surface area (Å²) in [6, 6.07) is 1.69. The molecule has 0 saturated heterocycles. The van der Waals surface area contributed by atoms with Gasteiger partial charge in [-0.25, -0.2) is 0 Å². The SMILES string of the molecule is CCCCCCCCCCCCSCC(=O)NC1=C(C#N)C(=O)C=CC1=O. The van der Waals surface area contributed by atoms with E-state index in [1.807, 2.05) is 0 Å². The molecular formula is C21H30N2O3S. The van der Waals surface area contributed by atoms with Crippen LogP contribution >= 0.6 is 11.8 Å². The number of rotatable bonds is 14. The van der Waals surface area contributed by atoms with Crippen LogP contribution in [-0.4, -0.2) is 29.0 Å². The molecule has 0 aromatic carbocycles. The summed E-state index contributed by atoms with van der Waals surface area (Å²) in [6.45, 7) is 2.23. The maximum atomic E-state index is 11.9. The number of amides is 1. The minimum atomic E-state index is -0.551. The second kappa shape index (κ2) is 14.2. The lowest BCUT2D eigenvalue weighted by Gasteiger charge is -2.11. The molecule has 0 bridgehead atoms. The van der Waals surface area contributed by atoms with E-state index >= 15 is 0 Å². The zero-order chi connectivity index (χ0) is 19.9. The Bertz CT molecular complexity index is 617. The van der Waals surface area contributed by atoms with Crippen LogP contribution in [0.15, 0.2) is 23.4 Å². The van der Waals surface area contributed by atoms with Gasteiger partial charge in [-0.05, 0) is 24.3 Å². The molecule has 27 heavy (non-hydrogen) atoms. The molecule has 6 heteroatoms. The highest BCUT2D eigenvalue weighted by Crippen LogP contribution is 2.14. The van der Waals surface area contributed by atoms with Crippen LogP contribution in [0, 0.1) is 11.3 Å². The van der Waals surface area contributed by atoms with E-state index in [4.69, 9.17) is 5.26 Å². The summed E-state index contributed by atoms with van der Waals surface area (Å²) in [7, 11) is 0. The Balaban J connectivity index is 2.09. The highest BCUT2D eigenvalue weighted by Gasteiger charge is 2.24. The first-order valence-electron chi connectivity index (χ1n) is 9.88. The number of hydrogen-bond donors (Lipinski definition) is 1. The van der Waals surface area contributed by atoms with Crippen molar-refractivity contribution in [2.24, 2.45) is 0 Å². The van der Waals surface area contributed by atoms with Gasteiger partial charge in [0.15, 0.2) is 5.78 Å². The van der Waals surface area contributed by atoms with Gasteiger partial charge in [0.1, 0.15) is 17.3 Å². The maximum Gasteiger partial charge on any atom is 0.234 e. The lowest BCUT2D eigenvalue weighted by atomic mass is 10.0. The van der Waals surface area contributed by atoms with Crippen molar-refractivity contribution in [1.29, 1.82) is 5.26 Å². The number of carbonyl (C=O) groups is 3. The third kappa shape index (κ3) is 9.58. The minimum Gasteiger partial charge on any atom is -0.321 e. The molecule has 1 rings (SSSR count). The summed E-state index contributed by atoms with van der Waals surface area (Å²) in [5.74, 6) is -0.318. The lowest BCUT2D eigenvalue weighted by Crippen LogP contribution is -2.32. The molecule has 1 aliphatic rings. The normalized spacial score (nSPS) is 13.8. The number of allylic oxidation sites excluding steroid dienone is 3. The van der Waals surface area contributed by atoms with Crippen LogP contribution in [-0.2, 0) is 14.4 Å². The van der Waals surface area contributed by atoms with Crippen molar-refractivity contribution >= 4 is 29.2 Å². The summed E-state index contributed by atoms with van der Waals surface area (Å²) in [6.07, 6.45) is 14.9. The second-order valence-electron chi connectivity index (χ2n) is 6.71. The summed E-state index contributed by atoms with van der Waals surface area (Å²) in [5, 5.41) is 11.4. The van der Waals surface area contributed by atoms with Crippen LogP contribution in [0.5, 0.6) is 0 Å². The van der Waals surface area contributed by atoms with Crippen LogP contribution in [0.4, 0.5) is 0 Å². The molecule has 1 aliphatic carbocycles. The molecule has 0 heterocycles. The fourth-order valence-electron chi connectivity index (χ4n) is 2.83. The molecule has 0 atom stereocenters. The van der Waals surface area contributed by atoms with Gasteiger partial charge in [-0.15, -0.1) is 0 Å². The molecule has 0 fully saturated rings. The highest BCUT2D eigenvalue weighted by molar-refractivity contribution is 7.99. The lowest BCUT2D eigenvalue weighted by molar-refractivity contribution is -0.120. The van der Waals surface area contributed by atoms with E-state index in [0.29, 0.717) is 0 Å². The Morgan fingerprint density at radius 3 is 2.11 bits per heavy atom. The predicted octanol–water partition coefficient (Wildman–Crippen LogP) is 4.24. The molecule has 0 unspecified atom stereocenters. The number of ketones is 2. The summed E-state index contributed by atoms with van der Waals surface area (Å²) >= 11 is 1.51. The monoisotopic (exact) mass is 390 g/mol. The van der Waals surface area contributed by atoms with Gasteiger partial charge >= 0.3 is 0 Å². The van der Waals surface area contributed by atoms with E-state index in [2.05, 4.69) is 12.2 Å². The third-order valence-corrected chi connectivity index (χ3v) is 5.42. The zero-order valence-electron chi connectivity index (χ0n) is 16.2. The number of unbranched alkanes of at least 4 members (excludes halogenated alkanes) is 9.